The number of amides is 1. The zero-order chi connectivity index (χ0) is 13.7. The van der Waals surface area contributed by atoms with Crippen LogP contribution in [0.15, 0.2) is 18.2 Å². The molecule has 0 bridgehead atoms. The zero-order valence-electron chi connectivity index (χ0n) is 12.1. The fourth-order valence-corrected chi connectivity index (χ4v) is 1.85. The van der Waals surface area contributed by atoms with Crippen molar-refractivity contribution in [1.29, 1.82) is 0 Å². The Morgan fingerprint density at radius 2 is 2.06 bits per heavy atom. The molecule has 3 nitrogen and oxygen atoms in total. The summed E-state index contributed by atoms with van der Waals surface area (Å²) >= 11 is 0. The third kappa shape index (κ3) is 3.84. The molecule has 1 aromatic carbocycles. The molecule has 1 aromatic rings. The van der Waals surface area contributed by atoms with Gasteiger partial charge in [0.15, 0.2) is 0 Å². The van der Waals surface area contributed by atoms with Gasteiger partial charge in [-0.2, -0.15) is 0 Å². The van der Waals surface area contributed by atoms with Gasteiger partial charge < -0.3 is 10.2 Å². The molecule has 1 N–H and O–H groups in total. The predicted molar refractivity (Wildman–Crippen MR) is 75.7 cm³/mol. The molecule has 100 valence electrons. The van der Waals surface area contributed by atoms with Gasteiger partial charge in [-0.25, -0.2) is 0 Å². The van der Waals surface area contributed by atoms with Crippen LogP contribution in [0.4, 0.5) is 0 Å². The van der Waals surface area contributed by atoms with Crippen LogP contribution in [0.1, 0.15) is 36.5 Å². The summed E-state index contributed by atoms with van der Waals surface area (Å²) in [5, 5.41) is 2.89. The second-order valence-electron chi connectivity index (χ2n) is 5.12. The molecular weight excluding hydrogens is 224 g/mol. The number of rotatable bonds is 5. The molecule has 0 saturated carbocycles. The predicted octanol–water partition coefficient (Wildman–Crippen LogP) is 2.30. The van der Waals surface area contributed by atoms with Crippen LogP contribution in [0.5, 0.6) is 0 Å². The summed E-state index contributed by atoms with van der Waals surface area (Å²) in [5.74, 6) is 0.634. The van der Waals surface area contributed by atoms with E-state index in [2.05, 4.69) is 44.3 Å². The van der Waals surface area contributed by atoms with E-state index in [0.717, 1.165) is 0 Å². The van der Waals surface area contributed by atoms with Crippen LogP contribution in [-0.4, -0.2) is 31.4 Å². The average Bonchev–Trinajstić information content (AvgIpc) is 2.31. The summed E-state index contributed by atoms with van der Waals surface area (Å²) in [7, 11) is 3.64. The molecule has 0 aromatic heterocycles. The number of hydrogen-bond acceptors (Lipinski definition) is 2. The fourth-order valence-electron chi connectivity index (χ4n) is 1.85. The maximum atomic E-state index is 11.7. The lowest BCUT2D eigenvalue weighted by Gasteiger charge is -2.19. The van der Waals surface area contributed by atoms with Crippen molar-refractivity contribution < 1.29 is 4.79 Å². The number of carbonyl (C=O) groups is 1. The van der Waals surface area contributed by atoms with Crippen molar-refractivity contribution in [1.82, 2.24) is 10.2 Å². The standard InChI is InChI=1S/C15H24N2O/c1-11(2)13-7-6-12(3)14(8-13)10-17(5)15(18)9-16-4/h6-8,11,16H,9-10H2,1-5H3. The highest BCUT2D eigenvalue weighted by Gasteiger charge is 2.10. The Kier molecular flexibility index (Phi) is 5.35. The molecule has 0 heterocycles. The van der Waals surface area contributed by atoms with Crippen molar-refractivity contribution in [2.24, 2.45) is 0 Å². The molecule has 0 fully saturated rings. The topological polar surface area (TPSA) is 32.3 Å². The van der Waals surface area contributed by atoms with E-state index in [4.69, 9.17) is 0 Å². The summed E-state index contributed by atoms with van der Waals surface area (Å²) < 4.78 is 0. The summed E-state index contributed by atoms with van der Waals surface area (Å²) in [4.78, 5) is 13.5. The molecule has 1 amide bonds. The number of aryl methyl sites for hydroxylation is 1. The minimum Gasteiger partial charge on any atom is -0.340 e. The highest BCUT2D eigenvalue weighted by Crippen LogP contribution is 2.19. The molecule has 0 aliphatic rings. The summed E-state index contributed by atoms with van der Waals surface area (Å²) in [6.45, 7) is 7.52. The summed E-state index contributed by atoms with van der Waals surface area (Å²) in [6.07, 6.45) is 0. The van der Waals surface area contributed by atoms with E-state index in [1.807, 2.05) is 7.05 Å². The van der Waals surface area contributed by atoms with Crippen molar-refractivity contribution in [3.8, 4) is 0 Å². The third-order valence-corrected chi connectivity index (χ3v) is 3.20. The van der Waals surface area contributed by atoms with E-state index in [-0.39, 0.29) is 5.91 Å². The molecule has 0 aliphatic carbocycles. The molecule has 0 unspecified atom stereocenters. The Balaban J connectivity index is 2.83. The van der Waals surface area contributed by atoms with Crippen LogP contribution in [0, 0.1) is 6.92 Å². The quantitative estimate of drug-likeness (QED) is 0.867. The molecule has 0 atom stereocenters. The molecule has 0 radical (unpaired) electrons. The maximum Gasteiger partial charge on any atom is 0.236 e. The number of nitrogens with one attached hydrogen (secondary N) is 1. The van der Waals surface area contributed by atoms with Crippen LogP contribution in [0.3, 0.4) is 0 Å². The number of hydrogen-bond donors (Lipinski definition) is 1. The summed E-state index contributed by atoms with van der Waals surface area (Å²) in [6, 6.07) is 6.52. The minimum atomic E-state index is 0.117. The Morgan fingerprint density at radius 3 is 2.61 bits per heavy atom. The van der Waals surface area contributed by atoms with E-state index in [1.165, 1.54) is 16.7 Å². The molecule has 18 heavy (non-hydrogen) atoms. The Morgan fingerprint density at radius 1 is 1.39 bits per heavy atom. The first-order valence-electron chi connectivity index (χ1n) is 6.43. The number of likely N-dealkylation sites (N-methyl/N-ethyl adjacent to an activating group) is 2. The molecule has 0 spiro atoms. The van der Waals surface area contributed by atoms with Crippen LogP contribution in [-0.2, 0) is 11.3 Å². The SMILES string of the molecule is CNCC(=O)N(C)Cc1cc(C(C)C)ccc1C. The second kappa shape index (κ2) is 6.55. The first-order valence-corrected chi connectivity index (χ1v) is 6.43. The van der Waals surface area contributed by atoms with Gasteiger partial charge in [0.1, 0.15) is 0 Å². The Labute approximate surface area is 110 Å². The number of nitrogens with zero attached hydrogens (tertiary/aromatic N) is 1. The molecule has 3 heteroatoms. The lowest BCUT2D eigenvalue weighted by atomic mass is 9.97. The first kappa shape index (κ1) is 14.7. The lowest BCUT2D eigenvalue weighted by Crippen LogP contribution is -2.33. The maximum absolute atomic E-state index is 11.7. The van der Waals surface area contributed by atoms with Gasteiger partial charge in [-0.3, -0.25) is 4.79 Å². The van der Waals surface area contributed by atoms with Gasteiger partial charge in [-0.05, 0) is 36.6 Å². The Bertz CT molecular complexity index is 413. The van der Waals surface area contributed by atoms with Crippen LogP contribution >= 0.6 is 0 Å². The number of carbonyl (C=O) groups excluding carboxylic acids is 1. The van der Waals surface area contributed by atoms with Crippen LogP contribution in [0.25, 0.3) is 0 Å². The average molecular weight is 248 g/mol. The van der Waals surface area contributed by atoms with Gasteiger partial charge in [0.2, 0.25) is 5.91 Å². The first-order chi connectivity index (χ1) is 8.45. The van der Waals surface area contributed by atoms with Crippen molar-refractivity contribution >= 4 is 5.91 Å². The summed E-state index contributed by atoms with van der Waals surface area (Å²) in [5.41, 5.74) is 3.79. The molecular formula is C15H24N2O. The van der Waals surface area contributed by atoms with Gasteiger partial charge in [0.25, 0.3) is 0 Å². The minimum absolute atomic E-state index is 0.117. The smallest absolute Gasteiger partial charge is 0.236 e. The van der Waals surface area contributed by atoms with Gasteiger partial charge in [0.05, 0.1) is 6.54 Å². The van der Waals surface area contributed by atoms with E-state index < -0.39 is 0 Å². The zero-order valence-corrected chi connectivity index (χ0v) is 12.1. The fraction of sp³-hybridized carbons (Fsp3) is 0.533. The normalized spacial score (nSPS) is 10.8. The van der Waals surface area contributed by atoms with E-state index in [0.29, 0.717) is 19.0 Å². The highest BCUT2D eigenvalue weighted by molar-refractivity contribution is 5.77. The number of benzene rings is 1. The third-order valence-electron chi connectivity index (χ3n) is 3.20. The highest BCUT2D eigenvalue weighted by atomic mass is 16.2. The van der Waals surface area contributed by atoms with Gasteiger partial charge in [0, 0.05) is 13.6 Å². The van der Waals surface area contributed by atoms with Crippen molar-refractivity contribution in [2.75, 3.05) is 20.6 Å². The van der Waals surface area contributed by atoms with Gasteiger partial charge >= 0.3 is 0 Å². The van der Waals surface area contributed by atoms with Crippen molar-refractivity contribution in [3.05, 3.63) is 34.9 Å². The van der Waals surface area contributed by atoms with Crippen molar-refractivity contribution in [2.45, 2.75) is 33.2 Å². The largest absolute Gasteiger partial charge is 0.340 e. The van der Waals surface area contributed by atoms with Crippen LogP contribution in [0.2, 0.25) is 0 Å². The molecule has 0 aliphatic heterocycles. The molecule has 1 rings (SSSR count). The van der Waals surface area contributed by atoms with Crippen molar-refractivity contribution in [3.63, 3.8) is 0 Å². The molecule has 0 saturated heterocycles. The van der Waals surface area contributed by atoms with Crippen LogP contribution < -0.4 is 5.32 Å². The lowest BCUT2D eigenvalue weighted by molar-refractivity contribution is -0.129. The second-order valence-corrected chi connectivity index (χ2v) is 5.12. The van der Waals surface area contributed by atoms with E-state index in [9.17, 15) is 4.79 Å². The monoisotopic (exact) mass is 248 g/mol. The van der Waals surface area contributed by atoms with Gasteiger partial charge in [-0.15, -0.1) is 0 Å². The van der Waals surface area contributed by atoms with Gasteiger partial charge in [-0.1, -0.05) is 32.0 Å². The van der Waals surface area contributed by atoms with E-state index in [1.54, 1.807) is 11.9 Å². The Hall–Kier alpha value is -1.35. The van der Waals surface area contributed by atoms with E-state index >= 15 is 0 Å².